The van der Waals surface area contributed by atoms with Crippen molar-refractivity contribution in [3.05, 3.63) is 0 Å². The number of hydrogen-bond donors (Lipinski definition) is 0. The lowest BCUT2D eigenvalue weighted by molar-refractivity contribution is -0.127. The van der Waals surface area contributed by atoms with Gasteiger partial charge in [0.2, 0.25) is 0 Å². The summed E-state index contributed by atoms with van der Waals surface area (Å²) >= 11 is 0. The smallest absolute Gasteiger partial charge is 0.149 e. The van der Waals surface area contributed by atoms with Crippen molar-refractivity contribution in [1.29, 1.82) is 0 Å². The van der Waals surface area contributed by atoms with Crippen molar-refractivity contribution in [3.8, 4) is 0 Å². The van der Waals surface area contributed by atoms with Crippen molar-refractivity contribution in [2.24, 2.45) is 0 Å². The zero-order chi connectivity index (χ0) is 11.4. The molecule has 0 aromatic carbocycles. The van der Waals surface area contributed by atoms with E-state index < -0.39 is 0 Å². The minimum atomic E-state index is 0.266. The minimum Gasteiger partial charge on any atom is -0.298 e. The molecule has 0 spiro atoms. The van der Waals surface area contributed by atoms with E-state index in [1.807, 2.05) is 0 Å². The van der Waals surface area contributed by atoms with Crippen LogP contribution in [0.15, 0.2) is 0 Å². The van der Waals surface area contributed by atoms with E-state index in [1.165, 1.54) is 38.5 Å². The largest absolute Gasteiger partial charge is 0.298 e. The number of likely N-dealkylation sites (N-methyl/N-ethyl adjacent to an activating group) is 1. The summed E-state index contributed by atoms with van der Waals surface area (Å²) in [6, 6.07) is 0.965. The van der Waals surface area contributed by atoms with E-state index in [0.717, 1.165) is 25.8 Å². The summed E-state index contributed by atoms with van der Waals surface area (Å²) < 4.78 is 0. The van der Waals surface area contributed by atoms with Gasteiger partial charge in [0.15, 0.2) is 0 Å². The molecule has 0 amide bonds. The molecule has 0 N–H and O–H groups in total. The summed E-state index contributed by atoms with van der Waals surface area (Å²) in [4.78, 5) is 14.5. The number of ketones is 1. The molecule has 0 radical (unpaired) electrons. The fraction of sp³-hybridized carbons (Fsp3) is 0.929. The zero-order valence-corrected chi connectivity index (χ0v) is 10.6. The maximum absolute atomic E-state index is 12.0. The third-order valence-electron chi connectivity index (χ3n) is 4.33. The molecule has 2 heteroatoms. The molecule has 2 rings (SSSR count). The Morgan fingerprint density at radius 3 is 2.38 bits per heavy atom. The van der Waals surface area contributed by atoms with Gasteiger partial charge in [-0.2, -0.15) is 0 Å². The lowest BCUT2D eigenvalue weighted by Gasteiger charge is -2.40. The molecule has 0 aromatic heterocycles. The van der Waals surface area contributed by atoms with Crippen molar-refractivity contribution in [2.75, 3.05) is 6.54 Å². The number of carbonyl (C=O) groups excluding carboxylic acids is 1. The first-order valence-electron chi connectivity index (χ1n) is 7.11. The van der Waals surface area contributed by atoms with Gasteiger partial charge < -0.3 is 0 Å². The van der Waals surface area contributed by atoms with Crippen LogP contribution in [-0.4, -0.2) is 29.3 Å². The van der Waals surface area contributed by atoms with Crippen LogP contribution < -0.4 is 0 Å². The minimum absolute atomic E-state index is 0.266. The molecule has 1 atom stereocenters. The first kappa shape index (κ1) is 12.1. The Labute approximate surface area is 99.4 Å². The standard InChI is InChI=1S/C14H25NO/c1-2-15(12-8-4-3-5-9-12)13-10-6-7-11-14(13)16/h12-13H,2-11H2,1H3. The molecule has 0 heterocycles. The van der Waals surface area contributed by atoms with Crippen LogP contribution >= 0.6 is 0 Å². The van der Waals surface area contributed by atoms with Gasteiger partial charge >= 0.3 is 0 Å². The molecule has 0 saturated heterocycles. The van der Waals surface area contributed by atoms with Gasteiger partial charge in [0.25, 0.3) is 0 Å². The summed E-state index contributed by atoms with van der Waals surface area (Å²) in [5.41, 5.74) is 0. The van der Waals surface area contributed by atoms with Gasteiger partial charge in [0, 0.05) is 12.5 Å². The maximum Gasteiger partial charge on any atom is 0.149 e. The molecule has 16 heavy (non-hydrogen) atoms. The van der Waals surface area contributed by atoms with E-state index in [9.17, 15) is 4.79 Å². The van der Waals surface area contributed by atoms with E-state index in [0.29, 0.717) is 11.8 Å². The van der Waals surface area contributed by atoms with Crippen molar-refractivity contribution in [2.45, 2.75) is 76.8 Å². The van der Waals surface area contributed by atoms with Gasteiger partial charge in [-0.3, -0.25) is 9.69 Å². The molecule has 2 nitrogen and oxygen atoms in total. The fourth-order valence-electron chi connectivity index (χ4n) is 3.46. The second-order valence-corrected chi connectivity index (χ2v) is 5.35. The number of nitrogens with zero attached hydrogens (tertiary/aromatic N) is 1. The van der Waals surface area contributed by atoms with Crippen LogP contribution in [0.2, 0.25) is 0 Å². The SMILES string of the molecule is CCN(C1CCCCC1)C1CCCCC1=O. The normalized spacial score (nSPS) is 28.6. The molecule has 2 saturated carbocycles. The zero-order valence-electron chi connectivity index (χ0n) is 10.6. The highest BCUT2D eigenvalue weighted by molar-refractivity contribution is 5.84. The van der Waals surface area contributed by atoms with Gasteiger partial charge in [0.05, 0.1) is 6.04 Å². The Balaban J connectivity index is 1.99. The number of rotatable bonds is 3. The Bertz CT molecular complexity index is 233. The van der Waals surface area contributed by atoms with Crippen molar-refractivity contribution >= 4 is 5.78 Å². The quantitative estimate of drug-likeness (QED) is 0.732. The Hall–Kier alpha value is -0.370. The monoisotopic (exact) mass is 223 g/mol. The lowest BCUT2D eigenvalue weighted by atomic mass is 9.88. The predicted octanol–water partition coefficient (Wildman–Crippen LogP) is 3.15. The highest BCUT2D eigenvalue weighted by Crippen LogP contribution is 2.28. The van der Waals surface area contributed by atoms with Crippen LogP contribution in [0.5, 0.6) is 0 Å². The maximum atomic E-state index is 12.0. The van der Waals surface area contributed by atoms with Gasteiger partial charge in [-0.1, -0.05) is 32.6 Å². The number of hydrogen-bond acceptors (Lipinski definition) is 2. The molecule has 1 unspecified atom stereocenters. The second-order valence-electron chi connectivity index (χ2n) is 5.35. The third kappa shape index (κ3) is 2.65. The summed E-state index contributed by atoms with van der Waals surface area (Å²) in [6.07, 6.45) is 11.1. The fourth-order valence-corrected chi connectivity index (χ4v) is 3.46. The highest BCUT2D eigenvalue weighted by atomic mass is 16.1. The predicted molar refractivity (Wildman–Crippen MR) is 66.5 cm³/mol. The summed E-state index contributed by atoms with van der Waals surface area (Å²) in [5.74, 6) is 0.513. The van der Waals surface area contributed by atoms with Crippen LogP contribution in [0.25, 0.3) is 0 Å². The lowest BCUT2D eigenvalue weighted by Crippen LogP contribution is -2.49. The van der Waals surface area contributed by atoms with Gasteiger partial charge in [0.1, 0.15) is 5.78 Å². The summed E-state index contributed by atoms with van der Waals surface area (Å²) in [5, 5.41) is 0. The van der Waals surface area contributed by atoms with Crippen LogP contribution in [0.4, 0.5) is 0 Å². The van der Waals surface area contributed by atoms with Crippen LogP contribution in [0.3, 0.4) is 0 Å². The molecule has 0 aliphatic heterocycles. The first-order chi connectivity index (χ1) is 7.83. The molecule has 2 aliphatic rings. The van der Waals surface area contributed by atoms with Crippen LogP contribution in [0.1, 0.15) is 64.7 Å². The summed E-state index contributed by atoms with van der Waals surface area (Å²) in [6.45, 7) is 3.28. The van der Waals surface area contributed by atoms with E-state index >= 15 is 0 Å². The highest BCUT2D eigenvalue weighted by Gasteiger charge is 2.32. The molecular weight excluding hydrogens is 198 g/mol. The van der Waals surface area contributed by atoms with Gasteiger partial charge in [-0.05, 0) is 32.2 Å². The third-order valence-corrected chi connectivity index (χ3v) is 4.33. The second kappa shape index (κ2) is 5.81. The topological polar surface area (TPSA) is 20.3 Å². The van der Waals surface area contributed by atoms with Gasteiger partial charge in [-0.15, -0.1) is 0 Å². The van der Waals surface area contributed by atoms with E-state index in [1.54, 1.807) is 0 Å². The van der Waals surface area contributed by atoms with Crippen LogP contribution in [-0.2, 0) is 4.79 Å². The van der Waals surface area contributed by atoms with E-state index in [4.69, 9.17) is 0 Å². The average Bonchev–Trinajstić information content (AvgIpc) is 2.34. The van der Waals surface area contributed by atoms with Crippen molar-refractivity contribution in [1.82, 2.24) is 4.90 Å². The number of Topliss-reactive ketones (excluding diaryl/α,β-unsaturated/α-hetero) is 1. The van der Waals surface area contributed by atoms with Crippen molar-refractivity contribution < 1.29 is 4.79 Å². The number of carbonyl (C=O) groups is 1. The van der Waals surface area contributed by atoms with Crippen molar-refractivity contribution in [3.63, 3.8) is 0 Å². The Morgan fingerprint density at radius 1 is 1.06 bits per heavy atom. The molecule has 0 bridgehead atoms. The first-order valence-corrected chi connectivity index (χ1v) is 7.11. The van der Waals surface area contributed by atoms with E-state index in [2.05, 4.69) is 11.8 Å². The molecule has 92 valence electrons. The van der Waals surface area contributed by atoms with E-state index in [-0.39, 0.29) is 6.04 Å². The van der Waals surface area contributed by atoms with Gasteiger partial charge in [-0.25, -0.2) is 0 Å². The van der Waals surface area contributed by atoms with Crippen LogP contribution in [0, 0.1) is 0 Å². The molecule has 2 aliphatic carbocycles. The Kier molecular flexibility index (Phi) is 4.39. The summed E-state index contributed by atoms with van der Waals surface area (Å²) in [7, 11) is 0. The Morgan fingerprint density at radius 2 is 1.75 bits per heavy atom. The molecular formula is C14H25NO. The molecule has 0 aromatic rings. The molecule has 2 fully saturated rings. The average molecular weight is 223 g/mol.